The van der Waals surface area contributed by atoms with E-state index in [-0.39, 0.29) is 43.0 Å². The number of anilines is 3. The Balaban J connectivity index is 0.00000405. The van der Waals surface area contributed by atoms with Crippen LogP contribution in [0.25, 0.3) is 0 Å². The van der Waals surface area contributed by atoms with Crippen molar-refractivity contribution in [3.8, 4) is 0 Å². The second-order valence-electron chi connectivity index (χ2n) is 11.4. The number of likely N-dealkylation sites (tertiary alicyclic amines) is 2. The van der Waals surface area contributed by atoms with E-state index >= 15 is 0 Å². The second kappa shape index (κ2) is 13.3. The highest BCUT2D eigenvalue weighted by Gasteiger charge is 2.40. The van der Waals surface area contributed by atoms with E-state index in [1.54, 1.807) is 29.2 Å². The third kappa shape index (κ3) is 7.14. The van der Waals surface area contributed by atoms with Gasteiger partial charge in [-0.2, -0.15) is 18.2 Å². The molecule has 2 N–H and O–H groups in total. The Morgan fingerprint density at radius 3 is 2.29 bits per heavy atom. The minimum absolute atomic E-state index is 0. The van der Waals surface area contributed by atoms with E-state index < -0.39 is 17.8 Å². The van der Waals surface area contributed by atoms with Crippen LogP contribution in [0.3, 0.4) is 0 Å². The molecule has 230 valence electrons. The molecular weight excluding hydrogens is 547 g/mol. The van der Waals surface area contributed by atoms with E-state index in [0.29, 0.717) is 37.2 Å². The molecule has 0 unspecified atom stereocenters. The van der Waals surface area contributed by atoms with E-state index in [1.165, 1.54) is 0 Å². The molecule has 12 heteroatoms. The summed E-state index contributed by atoms with van der Waals surface area (Å²) in [6, 6.07) is 6.50. The maximum absolute atomic E-state index is 13.9. The van der Waals surface area contributed by atoms with Gasteiger partial charge in [0.05, 0.1) is 5.92 Å². The van der Waals surface area contributed by atoms with Crippen LogP contribution >= 0.6 is 0 Å². The first-order valence-electron chi connectivity index (χ1n) is 14.4. The Morgan fingerprint density at radius 2 is 1.64 bits per heavy atom. The van der Waals surface area contributed by atoms with Gasteiger partial charge in [-0.05, 0) is 82.9 Å². The fourth-order valence-corrected chi connectivity index (χ4v) is 6.11. The fourth-order valence-electron chi connectivity index (χ4n) is 6.11. The van der Waals surface area contributed by atoms with E-state index in [9.17, 15) is 22.8 Å². The Labute approximate surface area is 245 Å². The first kappa shape index (κ1) is 31.5. The van der Waals surface area contributed by atoms with Gasteiger partial charge in [0.15, 0.2) is 0 Å². The van der Waals surface area contributed by atoms with Crippen molar-refractivity contribution in [1.82, 2.24) is 24.7 Å². The highest BCUT2D eigenvalue weighted by atomic mass is 19.4. The minimum atomic E-state index is -4.66. The van der Waals surface area contributed by atoms with Gasteiger partial charge < -0.3 is 25.3 Å². The van der Waals surface area contributed by atoms with Gasteiger partial charge in [0.1, 0.15) is 11.4 Å². The number of carbonyl (C=O) groups excluding carboxylic acids is 2. The SMILES string of the molecule is C.CN1CCC(N(C)C(=O)c2ccc(Nc3ncc(C(F)(F)F)c(N[C@@H]4CCC[C@@H]4C(=O)N4CCCC4)n3)cc2)CC1. The van der Waals surface area contributed by atoms with Crippen LogP contribution in [0.2, 0.25) is 0 Å². The third-order valence-corrected chi connectivity index (χ3v) is 8.61. The van der Waals surface area contributed by atoms with Crippen LogP contribution in [0.1, 0.15) is 68.3 Å². The molecule has 5 rings (SSSR count). The molecule has 3 fully saturated rings. The molecule has 9 nitrogen and oxygen atoms in total. The summed E-state index contributed by atoms with van der Waals surface area (Å²) in [6.07, 6.45) is 1.87. The number of halogens is 3. The van der Waals surface area contributed by atoms with Gasteiger partial charge in [-0.25, -0.2) is 4.98 Å². The van der Waals surface area contributed by atoms with Crippen molar-refractivity contribution in [2.24, 2.45) is 5.92 Å². The van der Waals surface area contributed by atoms with E-state index in [0.717, 1.165) is 51.4 Å². The molecule has 0 spiro atoms. The van der Waals surface area contributed by atoms with E-state index in [2.05, 4.69) is 32.5 Å². The molecule has 42 heavy (non-hydrogen) atoms. The average molecular weight is 590 g/mol. The summed E-state index contributed by atoms with van der Waals surface area (Å²) in [5.41, 5.74) is 0.0972. The molecule has 0 radical (unpaired) electrons. The highest BCUT2D eigenvalue weighted by Crippen LogP contribution is 2.37. The molecule has 1 aromatic heterocycles. The number of hydrogen-bond acceptors (Lipinski definition) is 7. The molecule has 2 aliphatic heterocycles. The van der Waals surface area contributed by atoms with Crippen LogP contribution < -0.4 is 10.6 Å². The number of piperidine rings is 1. The fraction of sp³-hybridized carbons (Fsp3) is 0.600. The summed E-state index contributed by atoms with van der Waals surface area (Å²) in [4.78, 5) is 40.0. The quantitative estimate of drug-likeness (QED) is 0.456. The van der Waals surface area contributed by atoms with Gasteiger partial charge in [0, 0.05) is 49.7 Å². The molecule has 2 amide bonds. The summed E-state index contributed by atoms with van der Waals surface area (Å²) in [7, 11) is 3.90. The highest BCUT2D eigenvalue weighted by molar-refractivity contribution is 5.94. The van der Waals surface area contributed by atoms with Gasteiger partial charge in [-0.1, -0.05) is 13.8 Å². The lowest BCUT2D eigenvalue weighted by Gasteiger charge is -2.35. The van der Waals surface area contributed by atoms with Gasteiger partial charge in [-0.15, -0.1) is 0 Å². The lowest BCUT2D eigenvalue weighted by molar-refractivity contribution is -0.137. The standard InChI is InChI=1S/C29H38F3N7O2.CH4/c1-37-16-12-21(13-17-37)38(2)26(40)19-8-10-20(11-9-19)34-28-33-18-23(29(30,31)32)25(36-28)35-24-7-5-6-22(24)27(41)39-14-3-4-15-39;/h8-11,18,21-22,24H,3-7,12-17H2,1-2H3,(H2,33,34,35,36);1H4/t22-,24+;/m0./s1. The number of nitrogens with zero attached hydrogens (tertiary/aromatic N) is 5. The molecule has 3 aliphatic rings. The van der Waals surface area contributed by atoms with Crippen LogP contribution in [0, 0.1) is 5.92 Å². The average Bonchev–Trinajstić information content (AvgIpc) is 3.65. The molecule has 2 atom stereocenters. The first-order chi connectivity index (χ1) is 19.6. The number of alkyl halides is 3. The van der Waals surface area contributed by atoms with Crippen LogP contribution in [0.5, 0.6) is 0 Å². The van der Waals surface area contributed by atoms with Crippen molar-refractivity contribution < 1.29 is 22.8 Å². The van der Waals surface area contributed by atoms with Crippen molar-refractivity contribution in [1.29, 1.82) is 0 Å². The lowest BCUT2D eigenvalue weighted by Crippen LogP contribution is -2.44. The molecule has 0 bridgehead atoms. The maximum atomic E-state index is 13.9. The summed E-state index contributed by atoms with van der Waals surface area (Å²) >= 11 is 0. The normalized spacial score (nSPS) is 21.6. The van der Waals surface area contributed by atoms with Crippen LogP contribution in [-0.4, -0.2) is 88.8 Å². The zero-order valence-corrected chi connectivity index (χ0v) is 23.6. The summed E-state index contributed by atoms with van der Waals surface area (Å²) in [5, 5.41) is 5.91. The zero-order valence-electron chi connectivity index (χ0n) is 23.6. The van der Waals surface area contributed by atoms with Crippen molar-refractivity contribution >= 4 is 29.3 Å². The van der Waals surface area contributed by atoms with Crippen LogP contribution in [0.15, 0.2) is 30.5 Å². The van der Waals surface area contributed by atoms with Crippen LogP contribution in [-0.2, 0) is 11.0 Å². The molecular formula is C30H42F3N7O2. The molecule has 1 aliphatic carbocycles. The number of aromatic nitrogens is 2. The van der Waals surface area contributed by atoms with Gasteiger partial charge in [0.25, 0.3) is 5.91 Å². The number of rotatable bonds is 7. The van der Waals surface area contributed by atoms with E-state index in [4.69, 9.17) is 0 Å². The number of amides is 2. The summed E-state index contributed by atoms with van der Waals surface area (Å²) in [6.45, 7) is 3.31. The smallest absolute Gasteiger partial charge is 0.366 e. The van der Waals surface area contributed by atoms with Crippen molar-refractivity contribution in [3.05, 3.63) is 41.6 Å². The lowest BCUT2D eigenvalue weighted by atomic mass is 10.0. The second-order valence-corrected chi connectivity index (χ2v) is 11.4. The monoisotopic (exact) mass is 589 g/mol. The largest absolute Gasteiger partial charge is 0.421 e. The summed E-state index contributed by atoms with van der Waals surface area (Å²) < 4.78 is 41.6. The molecule has 1 aromatic carbocycles. The molecule has 3 heterocycles. The van der Waals surface area contributed by atoms with Crippen LogP contribution in [0.4, 0.5) is 30.6 Å². The predicted octanol–water partition coefficient (Wildman–Crippen LogP) is 5.24. The molecule has 1 saturated carbocycles. The van der Waals surface area contributed by atoms with Crippen molar-refractivity contribution in [2.45, 2.75) is 70.6 Å². The third-order valence-electron chi connectivity index (χ3n) is 8.61. The summed E-state index contributed by atoms with van der Waals surface area (Å²) in [5.74, 6) is -0.790. The first-order valence-corrected chi connectivity index (χ1v) is 14.4. The maximum Gasteiger partial charge on any atom is 0.421 e. The molecule has 2 saturated heterocycles. The predicted molar refractivity (Wildman–Crippen MR) is 157 cm³/mol. The Bertz CT molecular complexity index is 1230. The number of hydrogen-bond donors (Lipinski definition) is 2. The number of carbonyl (C=O) groups is 2. The Hall–Kier alpha value is -3.41. The van der Waals surface area contributed by atoms with E-state index in [1.807, 2.05) is 11.9 Å². The van der Waals surface area contributed by atoms with Gasteiger partial charge in [-0.3, -0.25) is 9.59 Å². The zero-order chi connectivity index (χ0) is 29.1. The number of nitrogens with one attached hydrogen (secondary N) is 2. The Kier molecular flexibility index (Phi) is 9.96. The molecule has 2 aromatic rings. The number of benzene rings is 1. The van der Waals surface area contributed by atoms with Gasteiger partial charge >= 0.3 is 6.18 Å². The topological polar surface area (TPSA) is 93.7 Å². The van der Waals surface area contributed by atoms with Crippen molar-refractivity contribution in [2.75, 3.05) is 50.9 Å². The van der Waals surface area contributed by atoms with Gasteiger partial charge in [0.2, 0.25) is 11.9 Å². The Morgan fingerprint density at radius 1 is 0.976 bits per heavy atom. The minimum Gasteiger partial charge on any atom is -0.366 e. The van der Waals surface area contributed by atoms with Crippen molar-refractivity contribution in [3.63, 3.8) is 0 Å².